The minimum atomic E-state index is -2.02. The number of anilines is 2. The van der Waals surface area contributed by atoms with Gasteiger partial charge in [-0.2, -0.15) is 0 Å². The zero-order chi connectivity index (χ0) is 23.9. The van der Waals surface area contributed by atoms with Crippen LogP contribution in [0.1, 0.15) is 47.1 Å². The van der Waals surface area contributed by atoms with E-state index in [-0.39, 0.29) is 18.8 Å². The van der Waals surface area contributed by atoms with Gasteiger partial charge in [-0.05, 0) is 33.8 Å². The quantitative estimate of drug-likeness (QED) is 0.290. The summed E-state index contributed by atoms with van der Waals surface area (Å²) in [4.78, 5) is 0. The first-order chi connectivity index (χ1) is 16.1. The molecule has 3 heterocycles. The van der Waals surface area contributed by atoms with Gasteiger partial charge in [-0.25, -0.2) is 0 Å². The molecule has 3 aliphatic heterocycles. The first kappa shape index (κ1) is 22.4. The number of para-hydroxylation sites is 2. The van der Waals surface area contributed by atoms with Gasteiger partial charge < -0.3 is 9.13 Å². The average molecular weight is 485 g/mol. The predicted octanol–water partition coefficient (Wildman–Crippen LogP) is 7.02. The lowest BCUT2D eigenvalue weighted by Gasteiger charge is -2.45. The van der Waals surface area contributed by atoms with Crippen molar-refractivity contribution in [1.29, 1.82) is 0 Å². The molecule has 2 nitrogen and oxygen atoms in total. The summed E-state index contributed by atoms with van der Waals surface area (Å²) < 4.78 is 6.25. The van der Waals surface area contributed by atoms with Crippen LogP contribution in [0.2, 0.25) is 0 Å². The Morgan fingerprint density at radius 1 is 0.676 bits per heavy atom. The van der Waals surface area contributed by atoms with Gasteiger partial charge >= 0.3 is 0 Å². The third-order valence-electron chi connectivity index (χ3n) is 7.62. The molecule has 1 spiro atoms. The highest BCUT2D eigenvalue weighted by Gasteiger charge is 3.03. The summed E-state index contributed by atoms with van der Waals surface area (Å²) in [7, 11) is -2.21. The van der Waals surface area contributed by atoms with E-state index in [2.05, 4.69) is 136 Å². The molecule has 176 valence electrons. The lowest BCUT2D eigenvalue weighted by atomic mass is 9.96. The molecule has 0 N–H and O–H groups in total. The zero-order valence-electron chi connectivity index (χ0n) is 21.4. The summed E-state index contributed by atoms with van der Waals surface area (Å²) in [6.45, 7) is 16.7. The molecular weight excluding hydrogens is 447 g/mol. The molecular formula is C30H37N2PSi. The van der Waals surface area contributed by atoms with Crippen molar-refractivity contribution in [1.82, 2.24) is 0 Å². The van der Waals surface area contributed by atoms with E-state index in [0.29, 0.717) is 4.78 Å². The van der Waals surface area contributed by atoms with Gasteiger partial charge in [0, 0.05) is 18.4 Å². The Morgan fingerprint density at radius 3 is 1.59 bits per heavy atom. The highest BCUT2D eigenvalue weighted by molar-refractivity contribution is 7.89. The molecule has 3 atom stereocenters. The average Bonchev–Trinajstić information content (AvgIpc) is 3.63. The first-order valence-corrected chi connectivity index (χ1v) is 16.0. The molecule has 0 aromatic heterocycles. The van der Waals surface area contributed by atoms with Crippen LogP contribution in [0.5, 0.6) is 0 Å². The number of hydrogen-bond acceptors (Lipinski definition) is 2. The predicted molar refractivity (Wildman–Crippen MR) is 151 cm³/mol. The highest BCUT2D eigenvalue weighted by atomic mass is 31.1. The van der Waals surface area contributed by atoms with E-state index < -0.39 is 8.40 Å². The van der Waals surface area contributed by atoms with Crippen molar-refractivity contribution in [3.05, 3.63) is 90.5 Å². The van der Waals surface area contributed by atoms with Crippen LogP contribution in [0.4, 0.5) is 11.4 Å². The maximum Gasteiger partial charge on any atom is 0.289 e. The van der Waals surface area contributed by atoms with Crippen LogP contribution >= 0.6 is 7.92 Å². The first-order valence-electron chi connectivity index (χ1n) is 12.7. The van der Waals surface area contributed by atoms with Gasteiger partial charge in [-0.3, -0.25) is 0 Å². The van der Waals surface area contributed by atoms with Gasteiger partial charge in [-0.15, -0.1) is 0 Å². The van der Waals surface area contributed by atoms with Crippen molar-refractivity contribution in [3.63, 3.8) is 0 Å². The summed E-state index contributed by atoms with van der Waals surface area (Å²) in [5.41, 5.74) is 5.05. The van der Waals surface area contributed by atoms with Gasteiger partial charge in [0.1, 0.15) is 0 Å². The lowest BCUT2D eigenvalue weighted by Crippen LogP contribution is -2.64. The molecule has 0 bridgehead atoms. The van der Waals surface area contributed by atoms with Gasteiger partial charge in [0.25, 0.3) is 8.40 Å². The topological polar surface area (TPSA) is 6.48 Å². The summed E-state index contributed by atoms with van der Waals surface area (Å²) in [6, 6.07) is 32.3. The van der Waals surface area contributed by atoms with Crippen molar-refractivity contribution in [2.24, 2.45) is 10.8 Å². The molecule has 3 aromatic carbocycles. The van der Waals surface area contributed by atoms with Gasteiger partial charge in [0.2, 0.25) is 0 Å². The fraction of sp³-hybridized carbons (Fsp3) is 0.400. The Balaban J connectivity index is 1.57. The summed E-state index contributed by atoms with van der Waals surface area (Å²) in [6.07, 6.45) is 0. The molecule has 4 heteroatoms. The van der Waals surface area contributed by atoms with E-state index in [1.54, 1.807) is 10.9 Å². The van der Waals surface area contributed by atoms with Gasteiger partial charge in [0.15, 0.2) is 0 Å². The van der Waals surface area contributed by atoms with E-state index in [4.69, 9.17) is 0 Å². The molecule has 0 aliphatic carbocycles. The molecule has 0 radical (unpaired) electrons. The summed E-state index contributed by atoms with van der Waals surface area (Å²) in [5.74, 6) is 0. The molecule has 0 saturated carbocycles. The number of fused-ring (bicyclic) bond motifs is 4. The van der Waals surface area contributed by atoms with E-state index >= 15 is 0 Å². The van der Waals surface area contributed by atoms with Crippen LogP contribution in [0.25, 0.3) is 0 Å². The molecule has 3 aliphatic rings. The molecule has 2 fully saturated rings. The number of rotatable bonds is 4. The molecule has 0 amide bonds. The van der Waals surface area contributed by atoms with Gasteiger partial charge in [-0.1, -0.05) is 122 Å². The van der Waals surface area contributed by atoms with Crippen LogP contribution in [-0.4, -0.2) is 26.8 Å². The van der Waals surface area contributed by atoms with Crippen molar-refractivity contribution in [3.8, 4) is 0 Å². The van der Waals surface area contributed by atoms with Crippen molar-refractivity contribution in [2.45, 2.75) is 51.6 Å². The standard InChI is InChI=1S/C30H37N2PSi/c1-28(2,3)21-31-25-19-13-14-20-26(25)32(22-29(4,5)6)34(31)27-30(34,23-15-9-7-10-16-23)33(27)24-17-11-8-12-18-24/h7-20,27H,21-22H2,1-6H3. The molecule has 3 aromatic rings. The molecule has 3 unspecified atom stereocenters. The van der Waals surface area contributed by atoms with Gasteiger partial charge in [0.05, 0.1) is 16.2 Å². The normalized spacial score (nSPS) is 26.4. The molecule has 6 rings (SSSR count). The largest absolute Gasteiger partial charge is 0.377 e. The number of benzene rings is 3. The van der Waals surface area contributed by atoms with Crippen LogP contribution in [-0.2, 0) is 4.78 Å². The molecule has 2 saturated heterocycles. The Hall–Kier alpha value is -2.09. The Kier molecular flexibility index (Phi) is 4.75. The fourth-order valence-corrected chi connectivity index (χ4v) is 22.8. The Bertz CT molecular complexity index is 1170. The van der Waals surface area contributed by atoms with Crippen LogP contribution in [0, 0.1) is 10.8 Å². The zero-order valence-corrected chi connectivity index (χ0v) is 23.3. The second-order valence-electron chi connectivity index (χ2n) is 12.7. The van der Waals surface area contributed by atoms with Crippen molar-refractivity contribution >= 4 is 33.0 Å². The van der Waals surface area contributed by atoms with E-state index in [9.17, 15) is 0 Å². The summed E-state index contributed by atoms with van der Waals surface area (Å²) >= 11 is 0. The maximum atomic E-state index is 2.97. The van der Waals surface area contributed by atoms with E-state index in [1.807, 2.05) is 0 Å². The minimum absolute atomic E-state index is 0.190. The highest BCUT2D eigenvalue weighted by Crippen LogP contribution is 3.00. The van der Waals surface area contributed by atoms with Crippen molar-refractivity contribution < 1.29 is 0 Å². The molecule has 34 heavy (non-hydrogen) atoms. The van der Waals surface area contributed by atoms with Crippen LogP contribution in [0.3, 0.4) is 0 Å². The van der Waals surface area contributed by atoms with E-state index in [0.717, 1.165) is 18.4 Å². The number of hydrogen-bond donors (Lipinski definition) is 0. The van der Waals surface area contributed by atoms with E-state index in [1.165, 1.54) is 11.4 Å². The minimum Gasteiger partial charge on any atom is -0.377 e. The fourth-order valence-electron chi connectivity index (χ4n) is 6.64. The Labute approximate surface area is 207 Å². The lowest BCUT2D eigenvalue weighted by molar-refractivity contribution is 0.423. The summed E-state index contributed by atoms with van der Waals surface area (Å²) in [5, 5.41) is 2.38. The maximum absolute atomic E-state index is 2.97. The SMILES string of the molecule is CC(C)(C)CN1c2ccccc2N(CC(C)(C)C)[Si]12C1P(c3ccccc3)C12c1ccccc1. The smallest absolute Gasteiger partial charge is 0.289 e. The van der Waals surface area contributed by atoms with Crippen molar-refractivity contribution in [2.75, 3.05) is 22.2 Å². The third kappa shape index (κ3) is 2.96. The third-order valence-corrected chi connectivity index (χ3v) is 19.5. The Morgan fingerprint density at radius 2 is 1.12 bits per heavy atom. The number of nitrogens with zero attached hydrogens (tertiary/aromatic N) is 2. The second-order valence-corrected chi connectivity index (χ2v) is 20.0. The van der Waals surface area contributed by atoms with Crippen LogP contribution in [0.15, 0.2) is 84.9 Å². The monoisotopic (exact) mass is 484 g/mol. The van der Waals surface area contributed by atoms with Crippen LogP contribution < -0.4 is 14.4 Å². The second kappa shape index (κ2) is 7.21.